The Bertz CT molecular complexity index is 573. The topological polar surface area (TPSA) is 9.23 Å². The van der Waals surface area contributed by atoms with Crippen LogP contribution in [0.5, 0.6) is 0 Å². The summed E-state index contributed by atoms with van der Waals surface area (Å²) in [6.45, 7) is 21.7. The van der Waals surface area contributed by atoms with Gasteiger partial charge in [-0.05, 0) is 85.2 Å². The fourth-order valence-electron chi connectivity index (χ4n) is 6.12. The average Bonchev–Trinajstić information content (AvgIpc) is 2.89. The fraction of sp³-hybridized carbons (Fsp3) is 0.926. The molecule has 0 aliphatic heterocycles. The molecule has 0 aromatic carbocycles. The Kier molecular flexibility index (Phi) is 7.83. The molecule has 0 heterocycles. The zero-order valence-electron chi connectivity index (χ0n) is 21.2. The summed E-state index contributed by atoms with van der Waals surface area (Å²) in [5.41, 5.74) is 0.851. The molecule has 1 nitrogen and oxygen atoms in total. The SMILES string of the molecule is C#CCC(CCCC(C)(C)C)C1CCC2[C@@H](O[Si](C)(C)C(C)(C)C)CCC[C@]12C. The van der Waals surface area contributed by atoms with Crippen LogP contribution in [-0.2, 0) is 4.43 Å². The molecule has 0 saturated heterocycles. The van der Waals surface area contributed by atoms with Crippen molar-refractivity contribution in [2.24, 2.45) is 28.6 Å². The van der Waals surface area contributed by atoms with E-state index in [2.05, 4.69) is 67.5 Å². The minimum Gasteiger partial charge on any atom is -0.414 e. The number of hydrogen-bond acceptors (Lipinski definition) is 1. The molecular formula is C27H50OSi. The predicted octanol–water partition coefficient (Wildman–Crippen LogP) is 8.45. The van der Waals surface area contributed by atoms with Crippen LogP contribution >= 0.6 is 0 Å². The van der Waals surface area contributed by atoms with Crippen LogP contribution in [0, 0.1) is 40.9 Å². The molecule has 0 amide bonds. The van der Waals surface area contributed by atoms with Crippen molar-refractivity contribution in [1.82, 2.24) is 0 Å². The summed E-state index contributed by atoms with van der Waals surface area (Å²) in [6.07, 6.45) is 17.9. The molecule has 0 bridgehead atoms. The van der Waals surface area contributed by atoms with Gasteiger partial charge in [0.1, 0.15) is 0 Å². The molecule has 0 aromatic rings. The molecule has 5 atom stereocenters. The highest BCUT2D eigenvalue weighted by atomic mass is 28.4. The molecule has 0 aromatic heterocycles. The van der Waals surface area contributed by atoms with Gasteiger partial charge in [0.15, 0.2) is 8.32 Å². The molecule has 2 rings (SSSR count). The summed E-state index contributed by atoms with van der Waals surface area (Å²) < 4.78 is 7.03. The van der Waals surface area contributed by atoms with Gasteiger partial charge in [0.2, 0.25) is 0 Å². The molecule has 2 heteroatoms. The standard InChI is InChI=1S/C27H50OSi/c1-11-14-21(15-12-19-25(2,3)4)22-17-18-23-24(16-13-20-27(22,23)8)28-29(9,10)26(5,6)7/h1,21-24H,12-20H2,2-10H3/t21?,22?,23?,24-,27+/m0/s1. The Morgan fingerprint density at radius 2 is 1.76 bits per heavy atom. The van der Waals surface area contributed by atoms with E-state index in [-0.39, 0.29) is 5.04 Å². The first-order valence-corrected chi connectivity index (χ1v) is 15.2. The van der Waals surface area contributed by atoms with Gasteiger partial charge in [-0.25, -0.2) is 0 Å². The minimum atomic E-state index is -1.72. The van der Waals surface area contributed by atoms with E-state index < -0.39 is 8.32 Å². The lowest BCUT2D eigenvalue weighted by Gasteiger charge is -2.50. The third-order valence-electron chi connectivity index (χ3n) is 8.84. The Morgan fingerprint density at radius 3 is 2.31 bits per heavy atom. The van der Waals surface area contributed by atoms with Crippen LogP contribution in [0.1, 0.15) is 106 Å². The van der Waals surface area contributed by atoms with E-state index in [0.29, 0.717) is 22.9 Å². The molecule has 29 heavy (non-hydrogen) atoms. The van der Waals surface area contributed by atoms with E-state index in [9.17, 15) is 0 Å². The minimum absolute atomic E-state index is 0.289. The maximum absolute atomic E-state index is 7.03. The van der Waals surface area contributed by atoms with Crippen molar-refractivity contribution in [3.05, 3.63) is 0 Å². The summed E-state index contributed by atoms with van der Waals surface area (Å²) in [6, 6.07) is 0. The van der Waals surface area contributed by atoms with Gasteiger partial charge >= 0.3 is 0 Å². The largest absolute Gasteiger partial charge is 0.414 e. The quantitative estimate of drug-likeness (QED) is 0.297. The molecule has 2 aliphatic rings. The number of rotatable bonds is 7. The molecule has 0 N–H and O–H groups in total. The first kappa shape index (κ1) is 25.0. The highest BCUT2D eigenvalue weighted by Gasteiger charge is 2.54. The maximum Gasteiger partial charge on any atom is 0.192 e. The lowest BCUT2D eigenvalue weighted by molar-refractivity contribution is -0.0228. The zero-order chi connectivity index (χ0) is 22.1. The van der Waals surface area contributed by atoms with Gasteiger partial charge in [-0.2, -0.15) is 0 Å². The van der Waals surface area contributed by atoms with Crippen LogP contribution in [0.3, 0.4) is 0 Å². The van der Waals surface area contributed by atoms with Crippen molar-refractivity contribution >= 4 is 8.32 Å². The Morgan fingerprint density at radius 1 is 1.10 bits per heavy atom. The maximum atomic E-state index is 7.03. The van der Waals surface area contributed by atoms with Crippen molar-refractivity contribution in [2.45, 2.75) is 130 Å². The summed E-state index contributed by atoms with van der Waals surface area (Å²) in [5.74, 6) is 5.27. The van der Waals surface area contributed by atoms with Crippen LogP contribution in [0.15, 0.2) is 0 Å². The monoisotopic (exact) mass is 418 g/mol. The zero-order valence-corrected chi connectivity index (χ0v) is 22.2. The Hall–Kier alpha value is -0.263. The van der Waals surface area contributed by atoms with E-state index in [1.54, 1.807) is 0 Å². The van der Waals surface area contributed by atoms with Gasteiger partial charge in [0, 0.05) is 12.5 Å². The van der Waals surface area contributed by atoms with Crippen molar-refractivity contribution in [1.29, 1.82) is 0 Å². The molecule has 3 unspecified atom stereocenters. The van der Waals surface area contributed by atoms with Crippen LogP contribution in [-0.4, -0.2) is 14.4 Å². The van der Waals surface area contributed by atoms with E-state index in [1.165, 1.54) is 51.4 Å². The van der Waals surface area contributed by atoms with Gasteiger partial charge in [0.05, 0.1) is 0 Å². The Labute approximate surface area is 184 Å². The average molecular weight is 419 g/mol. The van der Waals surface area contributed by atoms with Crippen LogP contribution in [0.4, 0.5) is 0 Å². The molecule has 0 spiro atoms. The van der Waals surface area contributed by atoms with Gasteiger partial charge < -0.3 is 4.43 Å². The predicted molar refractivity (Wildman–Crippen MR) is 130 cm³/mol. The lowest BCUT2D eigenvalue weighted by atomic mass is 9.60. The lowest BCUT2D eigenvalue weighted by Crippen LogP contribution is -2.50. The van der Waals surface area contributed by atoms with E-state index >= 15 is 0 Å². The van der Waals surface area contributed by atoms with Crippen molar-refractivity contribution in [2.75, 3.05) is 0 Å². The van der Waals surface area contributed by atoms with Gasteiger partial charge in [0.25, 0.3) is 0 Å². The highest BCUT2D eigenvalue weighted by molar-refractivity contribution is 6.74. The van der Waals surface area contributed by atoms with Gasteiger partial charge in [-0.3, -0.25) is 0 Å². The second-order valence-corrected chi connectivity index (χ2v) is 18.0. The van der Waals surface area contributed by atoms with Crippen molar-refractivity contribution in [3.8, 4) is 12.3 Å². The number of fused-ring (bicyclic) bond motifs is 1. The van der Waals surface area contributed by atoms with Crippen molar-refractivity contribution in [3.63, 3.8) is 0 Å². The smallest absolute Gasteiger partial charge is 0.192 e. The molecule has 2 aliphatic carbocycles. The van der Waals surface area contributed by atoms with Crippen LogP contribution < -0.4 is 0 Å². The Balaban J connectivity index is 2.14. The van der Waals surface area contributed by atoms with Gasteiger partial charge in [-0.15, -0.1) is 12.3 Å². The first-order chi connectivity index (χ1) is 13.2. The third kappa shape index (κ3) is 5.91. The molecule has 0 radical (unpaired) electrons. The summed E-state index contributed by atoms with van der Waals surface area (Å²) >= 11 is 0. The van der Waals surface area contributed by atoms with Crippen molar-refractivity contribution < 1.29 is 4.43 Å². The second kappa shape index (κ2) is 9.08. The van der Waals surface area contributed by atoms with E-state index in [0.717, 1.165) is 18.3 Å². The normalized spacial score (nSPS) is 31.9. The van der Waals surface area contributed by atoms with Crippen LogP contribution in [0.25, 0.3) is 0 Å². The van der Waals surface area contributed by atoms with E-state index in [4.69, 9.17) is 10.8 Å². The second-order valence-electron chi connectivity index (χ2n) is 13.2. The third-order valence-corrected chi connectivity index (χ3v) is 13.3. The molecular weight excluding hydrogens is 368 g/mol. The summed E-state index contributed by atoms with van der Waals surface area (Å²) in [4.78, 5) is 0. The van der Waals surface area contributed by atoms with Crippen LogP contribution in [0.2, 0.25) is 18.1 Å². The molecule has 2 saturated carbocycles. The molecule has 2 fully saturated rings. The highest BCUT2D eigenvalue weighted by Crippen LogP contribution is 2.60. The summed E-state index contributed by atoms with van der Waals surface area (Å²) in [7, 11) is -1.72. The van der Waals surface area contributed by atoms with Gasteiger partial charge in [-0.1, -0.05) is 61.3 Å². The number of hydrogen-bond donors (Lipinski definition) is 0. The number of terminal acetylenes is 1. The molecule has 168 valence electrons. The fourth-order valence-corrected chi connectivity index (χ4v) is 7.51. The first-order valence-electron chi connectivity index (χ1n) is 12.3. The summed E-state index contributed by atoms with van der Waals surface area (Å²) in [5, 5.41) is 0.289. The van der Waals surface area contributed by atoms with E-state index in [1.807, 2.05) is 0 Å².